The number of aryl methyl sites for hydroxylation is 1. The molecule has 1 unspecified atom stereocenters. The minimum absolute atomic E-state index is 0.184. The number of hydrogen-bond donors (Lipinski definition) is 2. The molecular formula is C23H24ClFN6O2. The molecule has 2 amide bonds. The van der Waals surface area contributed by atoms with Crippen molar-refractivity contribution in [1.82, 2.24) is 14.8 Å². The molecule has 1 aliphatic rings. The van der Waals surface area contributed by atoms with E-state index in [2.05, 4.69) is 15.4 Å². The van der Waals surface area contributed by atoms with E-state index in [0.717, 1.165) is 30.8 Å². The first-order valence-electron chi connectivity index (χ1n) is 10.6. The predicted molar refractivity (Wildman–Crippen MR) is 124 cm³/mol. The lowest BCUT2D eigenvalue weighted by atomic mass is 9.97. The van der Waals surface area contributed by atoms with Gasteiger partial charge in [-0.2, -0.15) is 5.10 Å². The summed E-state index contributed by atoms with van der Waals surface area (Å²) in [6, 6.07) is 9.56. The lowest BCUT2D eigenvalue weighted by molar-refractivity contribution is -0.122. The Kier molecular flexibility index (Phi) is 6.60. The van der Waals surface area contributed by atoms with Gasteiger partial charge >= 0.3 is 0 Å². The number of amides is 2. The molecule has 33 heavy (non-hydrogen) atoms. The zero-order valence-electron chi connectivity index (χ0n) is 18.1. The lowest BCUT2D eigenvalue weighted by Crippen LogP contribution is -2.41. The Hall–Kier alpha value is -3.46. The average molecular weight is 471 g/mol. The van der Waals surface area contributed by atoms with Gasteiger partial charge in [0.15, 0.2) is 0 Å². The van der Waals surface area contributed by atoms with Crippen molar-refractivity contribution in [3.05, 3.63) is 70.4 Å². The molecular weight excluding hydrogens is 447 g/mol. The number of piperidine rings is 1. The predicted octanol–water partition coefficient (Wildman–Crippen LogP) is 3.38. The SMILES string of the molecule is Cc1nn(Cc2ccc(F)cc2)c(Cl)c1C(=O)Nc1ccc(N2CCCC(C(N)=O)C2)nc1. The highest BCUT2D eigenvalue weighted by Gasteiger charge is 2.25. The van der Waals surface area contributed by atoms with Gasteiger partial charge in [-0.05, 0) is 49.6 Å². The summed E-state index contributed by atoms with van der Waals surface area (Å²) in [6.07, 6.45) is 3.22. The molecule has 0 spiro atoms. The van der Waals surface area contributed by atoms with Gasteiger partial charge < -0.3 is 16.0 Å². The molecule has 0 saturated carbocycles. The Bertz CT molecular complexity index is 1160. The number of anilines is 2. The molecule has 3 heterocycles. The van der Waals surface area contributed by atoms with E-state index in [1.54, 1.807) is 37.4 Å². The Balaban J connectivity index is 1.44. The second kappa shape index (κ2) is 9.58. The van der Waals surface area contributed by atoms with E-state index in [1.807, 2.05) is 4.90 Å². The molecule has 0 aliphatic carbocycles. The van der Waals surface area contributed by atoms with Crippen molar-refractivity contribution < 1.29 is 14.0 Å². The fourth-order valence-electron chi connectivity index (χ4n) is 3.94. The fourth-order valence-corrected chi connectivity index (χ4v) is 4.26. The smallest absolute Gasteiger partial charge is 0.260 e. The molecule has 0 bridgehead atoms. The zero-order valence-corrected chi connectivity index (χ0v) is 18.8. The van der Waals surface area contributed by atoms with Crippen LogP contribution >= 0.6 is 11.6 Å². The molecule has 1 aliphatic heterocycles. The summed E-state index contributed by atoms with van der Waals surface area (Å²) >= 11 is 6.44. The van der Waals surface area contributed by atoms with Crippen molar-refractivity contribution in [3.63, 3.8) is 0 Å². The molecule has 1 saturated heterocycles. The number of carbonyl (C=O) groups is 2. The summed E-state index contributed by atoms with van der Waals surface area (Å²) in [5, 5.41) is 7.36. The van der Waals surface area contributed by atoms with E-state index in [0.29, 0.717) is 24.5 Å². The maximum atomic E-state index is 13.1. The third kappa shape index (κ3) is 5.14. The van der Waals surface area contributed by atoms with Crippen molar-refractivity contribution in [3.8, 4) is 0 Å². The van der Waals surface area contributed by atoms with Crippen molar-refractivity contribution in [2.45, 2.75) is 26.3 Å². The molecule has 3 aromatic rings. The first kappa shape index (κ1) is 22.7. The number of nitrogens with two attached hydrogens (primary N) is 1. The number of carbonyl (C=O) groups excluding carboxylic acids is 2. The Morgan fingerprint density at radius 1 is 1.24 bits per heavy atom. The summed E-state index contributed by atoms with van der Waals surface area (Å²) in [4.78, 5) is 30.8. The normalized spacial score (nSPS) is 16.0. The monoisotopic (exact) mass is 470 g/mol. The molecule has 8 nitrogen and oxygen atoms in total. The van der Waals surface area contributed by atoms with E-state index in [-0.39, 0.29) is 28.4 Å². The third-order valence-electron chi connectivity index (χ3n) is 5.69. The minimum atomic E-state index is -0.399. The van der Waals surface area contributed by atoms with Crippen LogP contribution in [0, 0.1) is 18.7 Å². The van der Waals surface area contributed by atoms with Crippen LogP contribution in [0.3, 0.4) is 0 Å². The first-order chi connectivity index (χ1) is 15.8. The molecule has 10 heteroatoms. The van der Waals surface area contributed by atoms with Gasteiger partial charge in [0.1, 0.15) is 16.8 Å². The maximum Gasteiger partial charge on any atom is 0.260 e. The molecule has 0 radical (unpaired) electrons. The number of primary amides is 1. The topological polar surface area (TPSA) is 106 Å². The van der Waals surface area contributed by atoms with Crippen molar-refractivity contribution in [2.75, 3.05) is 23.3 Å². The molecule has 3 N–H and O–H groups in total. The first-order valence-corrected chi connectivity index (χ1v) is 11.0. The number of benzene rings is 1. The Morgan fingerprint density at radius 3 is 2.67 bits per heavy atom. The Labute approximate surface area is 195 Å². The van der Waals surface area contributed by atoms with Gasteiger partial charge in [0.05, 0.1) is 35.6 Å². The molecule has 2 aromatic heterocycles. The second-order valence-corrected chi connectivity index (χ2v) is 8.44. The summed E-state index contributed by atoms with van der Waals surface area (Å²) < 4.78 is 14.6. The zero-order chi connectivity index (χ0) is 23.5. The van der Waals surface area contributed by atoms with Crippen molar-refractivity contribution in [2.24, 2.45) is 11.7 Å². The van der Waals surface area contributed by atoms with E-state index in [9.17, 15) is 14.0 Å². The number of aromatic nitrogens is 3. The van der Waals surface area contributed by atoms with E-state index < -0.39 is 5.91 Å². The third-order valence-corrected chi connectivity index (χ3v) is 6.08. The van der Waals surface area contributed by atoms with Crippen LogP contribution in [0.15, 0.2) is 42.6 Å². The van der Waals surface area contributed by atoms with Gasteiger partial charge in [0, 0.05) is 13.1 Å². The fraction of sp³-hybridized carbons (Fsp3) is 0.304. The molecule has 1 atom stereocenters. The van der Waals surface area contributed by atoms with Gasteiger partial charge in [-0.15, -0.1) is 0 Å². The van der Waals surface area contributed by atoms with E-state index in [1.165, 1.54) is 16.8 Å². The second-order valence-electron chi connectivity index (χ2n) is 8.08. The summed E-state index contributed by atoms with van der Waals surface area (Å²) in [5.41, 5.74) is 7.52. The standard InChI is InChI=1S/C23H24ClFN6O2/c1-14-20(21(24)31(29-14)12-15-4-6-17(25)7-5-15)23(33)28-18-8-9-19(27-11-18)30-10-2-3-16(13-30)22(26)32/h4-9,11,16H,2-3,10,12-13H2,1H3,(H2,26,32)(H,28,33). The number of hydrogen-bond acceptors (Lipinski definition) is 5. The number of nitrogens with one attached hydrogen (secondary N) is 1. The van der Waals surface area contributed by atoms with E-state index >= 15 is 0 Å². The lowest BCUT2D eigenvalue weighted by Gasteiger charge is -2.32. The number of halogens is 2. The number of pyridine rings is 1. The van der Waals surface area contributed by atoms with Crippen LogP contribution in [0.25, 0.3) is 0 Å². The maximum absolute atomic E-state index is 13.1. The molecule has 1 aromatic carbocycles. The highest BCUT2D eigenvalue weighted by atomic mass is 35.5. The highest BCUT2D eigenvalue weighted by molar-refractivity contribution is 6.33. The summed E-state index contributed by atoms with van der Waals surface area (Å²) in [6.45, 7) is 3.35. The van der Waals surface area contributed by atoms with Crippen LogP contribution in [-0.4, -0.2) is 39.7 Å². The van der Waals surface area contributed by atoms with Gasteiger partial charge in [-0.25, -0.2) is 14.1 Å². The van der Waals surface area contributed by atoms with Gasteiger partial charge in [-0.3, -0.25) is 9.59 Å². The van der Waals surface area contributed by atoms with Gasteiger partial charge in [-0.1, -0.05) is 23.7 Å². The van der Waals surface area contributed by atoms with Crippen molar-refractivity contribution in [1.29, 1.82) is 0 Å². The molecule has 4 rings (SSSR count). The highest BCUT2D eigenvalue weighted by Crippen LogP contribution is 2.25. The average Bonchev–Trinajstić information content (AvgIpc) is 3.08. The van der Waals surface area contributed by atoms with E-state index in [4.69, 9.17) is 17.3 Å². The minimum Gasteiger partial charge on any atom is -0.369 e. The number of nitrogens with zero attached hydrogens (tertiary/aromatic N) is 4. The summed E-state index contributed by atoms with van der Waals surface area (Å²) in [5.74, 6) is -0.481. The van der Waals surface area contributed by atoms with Crippen LogP contribution in [0.1, 0.15) is 34.5 Å². The molecule has 1 fully saturated rings. The Morgan fingerprint density at radius 2 is 2.00 bits per heavy atom. The van der Waals surface area contributed by atoms with Crippen LogP contribution in [0.2, 0.25) is 5.15 Å². The molecule has 172 valence electrons. The van der Waals surface area contributed by atoms with Crippen LogP contribution in [0.4, 0.5) is 15.9 Å². The van der Waals surface area contributed by atoms with Crippen LogP contribution in [0.5, 0.6) is 0 Å². The van der Waals surface area contributed by atoms with Gasteiger partial charge in [0.25, 0.3) is 5.91 Å². The quantitative estimate of drug-likeness (QED) is 0.574. The number of rotatable bonds is 6. The van der Waals surface area contributed by atoms with Crippen LogP contribution in [-0.2, 0) is 11.3 Å². The van der Waals surface area contributed by atoms with Gasteiger partial charge in [0.2, 0.25) is 5.91 Å². The summed E-state index contributed by atoms with van der Waals surface area (Å²) in [7, 11) is 0. The van der Waals surface area contributed by atoms with Crippen LogP contribution < -0.4 is 16.0 Å². The largest absolute Gasteiger partial charge is 0.369 e. The van der Waals surface area contributed by atoms with Crippen molar-refractivity contribution >= 4 is 34.9 Å².